The molecule has 1 atom stereocenters. The molecule has 1 aliphatic rings. The van der Waals surface area contributed by atoms with Crippen molar-refractivity contribution in [3.63, 3.8) is 0 Å². The fourth-order valence-electron chi connectivity index (χ4n) is 1.41. The largest absolute Gasteiger partial charge is 0.473 e. The summed E-state index contributed by atoms with van der Waals surface area (Å²) in [6, 6.07) is 0. The molecule has 4 heteroatoms. The highest BCUT2D eigenvalue weighted by molar-refractivity contribution is 5.02. The molecule has 66 valence electrons. The lowest BCUT2D eigenvalue weighted by molar-refractivity contribution is 0.161. The highest BCUT2D eigenvalue weighted by Crippen LogP contribution is 2.10. The number of H-pyrrole nitrogens is 1. The lowest BCUT2D eigenvalue weighted by Crippen LogP contribution is -2.37. The highest BCUT2D eigenvalue weighted by atomic mass is 16.5. The Balaban J connectivity index is 1.86. The van der Waals surface area contributed by atoms with Gasteiger partial charge in [-0.1, -0.05) is 0 Å². The first-order valence-corrected chi connectivity index (χ1v) is 4.31. The number of hydrogen-bond donors (Lipinski definition) is 2. The number of nitrogens with zero attached hydrogens (tertiary/aromatic N) is 1. The maximum Gasteiger partial charge on any atom is 0.211 e. The van der Waals surface area contributed by atoms with Crippen LogP contribution in [-0.2, 0) is 0 Å². The summed E-state index contributed by atoms with van der Waals surface area (Å²) >= 11 is 0. The second-order valence-corrected chi connectivity index (χ2v) is 3.00. The quantitative estimate of drug-likeness (QED) is 0.676. The summed E-state index contributed by atoms with van der Waals surface area (Å²) in [5.41, 5.74) is 0. The minimum atomic E-state index is 0.305. The summed E-state index contributed by atoms with van der Waals surface area (Å²) in [7, 11) is 0. The molecule has 1 fully saturated rings. The van der Waals surface area contributed by atoms with Crippen molar-refractivity contribution in [2.45, 2.75) is 18.9 Å². The van der Waals surface area contributed by atoms with E-state index in [1.165, 1.54) is 6.42 Å². The van der Waals surface area contributed by atoms with Gasteiger partial charge in [-0.25, -0.2) is 4.98 Å². The van der Waals surface area contributed by atoms with Gasteiger partial charge in [-0.15, -0.1) is 0 Å². The molecule has 0 aliphatic carbocycles. The molecule has 0 bridgehead atoms. The van der Waals surface area contributed by atoms with Crippen LogP contribution in [0.4, 0.5) is 0 Å². The lowest BCUT2D eigenvalue weighted by atomic mass is 10.1. The Morgan fingerprint density at radius 3 is 3.25 bits per heavy atom. The van der Waals surface area contributed by atoms with Gasteiger partial charge < -0.3 is 15.0 Å². The smallest absolute Gasteiger partial charge is 0.211 e. The third-order valence-electron chi connectivity index (χ3n) is 2.02. The van der Waals surface area contributed by atoms with E-state index in [1.54, 1.807) is 12.5 Å². The van der Waals surface area contributed by atoms with Gasteiger partial charge >= 0.3 is 0 Å². The average Bonchev–Trinajstić information content (AvgIpc) is 2.59. The van der Waals surface area contributed by atoms with Crippen molar-refractivity contribution in [2.24, 2.45) is 0 Å². The summed E-state index contributed by atoms with van der Waals surface area (Å²) in [5.74, 6) is 0.767. The van der Waals surface area contributed by atoms with Crippen molar-refractivity contribution in [1.29, 1.82) is 0 Å². The van der Waals surface area contributed by atoms with Crippen LogP contribution in [0.5, 0.6) is 5.88 Å². The fraction of sp³-hybridized carbons (Fsp3) is 0.625. The highest BCUT2D eigenvalue weighted by Gasteiger charge is 2.14. The Morgan fingerprint density at radius 1 is 1.58 bits per heavy atom. The van der Waals surface area contributed by atoms with Crippen LogP contribution < -0.4 is 10.1 Å². The van der Waals surface area contributed by atoms with Crippen LogP contribution in [-0.4, -0.2) is 29.2 Å². The number of aromatic amines is 1. The third kappa shape index (κ3) is 1.76. The third-order valence-corrected chi connectivity index (χ3v) is 2.02. The van der Waals surface area contributed by atoms with Crippen LogP contribution in [0.2, 0.25) is 0 Å². The van der Waals surface area contributed by atoms with E-state index in [0.29, 0.717) is 6.10 Å². The number of ether oxygens (including phenoxy) is 1. The Morgan fingerprint density at radius 2 is 2.58 bits per heavy atom. The molecule has 0 amide bonds. The molecule has 0 radical (unpaired) electrons. The van der Waals surface area contributed by atoms with Gasteiger partial charge in [0.1, 0.15) is 6.10 Å². The van der Waals surface area contributed by atoms with Gasteiger partial charge in [-0.05, 0) is 19.4 Å². The molecule has 1 aliphatic heterocycles. The summed E-state index contributed by atoms with van der Waals surface area (Å²) in [6.45, 7) is 2.06. The van der Waals surface area contributed by atoms with Crippen molar-refractivity contribution in [1.82, 2.24) is 15.3 Å². The van der Waals surface area contributed by atoms with E-state index in [1.807, 2.05) is 0 Å². The first-order valence-electron chi connectivity index (χ1n) is 4.31. The number of aromatic nitrogens is 2. The molecule has 1 unspecified atom stereocenters. The van der Waals surface area contributed by atoms with E-state index in [9.17, 15) is 0 Å². The van der Waals surface area contributed by atoms with E-state index in [-0.39, 0.29) is 0 Å². The number of nitrogens with one attached hydrogen (secondary N) is 2. The summed E-state index contributed by atoms with van der Waals surface area (Å²) in [5, 5.41) is 3.29. The minimum Gasteiger partial charge on any atom is -0.473 e. The van der Waals surface area contributed by atoms with Gasteiger partial charge in [0.25, 0.3) is 0 Å². The molecular formula is C8H13N3O. The number of rotatable bonds is 2. The van der Waals surface area contributed by atoms with E-state index in [4.69, 9.17) is 4.74 Å². The molecule has 2 N–H and O–H groups in total. The van der Waals surface area contributed by atoms with Crippen molar-refractivity contribution < 1.29 is 4.74 Å². The van der Waals surface area contributed by atoms with Gasteiger partial charge in [-0.2, -0.15) is 0 Å². The van der Waals surface area contributed by atoms with E-state index >= 15 is 0 Å². The van der Waals surface area contributed by atoms with E-state index < -0.39 is 0 Å². The SMILES string of the molecule is c1ncc(OC2CCCNC2)[nH]1. The van der Waals surface area contributed by atoms with E-state index in [2.05, 4.69) is 15.3 Å². The molecule has 12 heavy (non-hydrogen) atoms. The molecule has 1 aromatic heterocycles. The van der Waals surface area contributed by atoms with E-state index in [0.717, 1.165) is 25.4 Å². The Hall–Kier alpha value is -1.03. The van der Waals surface area contributed by atoms with Crippen LogP contribution in [0, 0.1) is 0 Å². The predicted molar refractivity (Wildman–Crippen MR) is 45.1 cm³/mol. The Bertz CT molecular complexity index is 216. The minimum absolute atomic E-state index is 0.305. The van der Waals surface area contributed by atoms with Crippen molar-refractivity contribution in [2.75, 3.05) is 13.1 Å². The van der Waals surface area contributed by atoms with Crippen molar-refractivity contribution in [3.8, 4) is 5.88 Å². The molecule has 0 saturated carbocycles. The first-order chi connectivity index (χ1) is 5.95. The second-order valence-electron chi connectivity index (χ2n) is 3.00. The van der Waals surface area contributed by atoms with Crippen LogP contribution in [0.15, 0.2) is 12.5 Å². The normalized spacial score (nSPS) is 23.8. The first kappa shape index (κ1) is 7.61. The average molecular weight is 167 g/mol. The Labute approximate surface area is 71.3 Å². The molecule has 2 rings (SSSR count). The van der Waals surface area contributed by atoms with Gasteiger partial charge in [0.2, 0.25) is 5.88 Å². The Kier molecular flexibility index (Phi) is 2.27. The van der Waals surface area contributed by atoms with Crippen LogP contribution >= 0.6 is 0 Å². The lowest BCUT2D eigenvalue weighted by Gasteiger charge is -2.22. The maximum atomic E-state index is 5.61. The second kappa shape index (κ2) is 3.58. The topological polar surface area (TPSA) is 49.9 Å². The van der Waals surface area contributed by atoms with Gasteiger partial charge in [-0.3, -0.25) is 0 Å². The predicted octanol–water partition coefficient (Wildman–Crippen LogP) is 0.540. The van der Waals surface area contributed by atoms with Gasteiger partial charge in [0, 0.05) is 6.54 Å². The molecule has 0 spiro atoms. The number of piperidine rings is 1. The number of hydrogen-bond acceptors (Lipinski definition) is 3. The van der Waals surface area contributed by atoms with Crippen LogP contribution in [0.3, 0.4) is 0 Å². The molecule has 0 aromatic carbocycles. The molecular weight excluding hydrogens is 154 g/mol. The van der Waals surface area contributed by atoms with Crippen LogP contribution in [0.1, 0.15) is 12.8 Å². The van der Waals surface area contributed by atoms with Crippen molar-refractivity contribution >= 4 is 0 Å². The number of imidazole rings is 1. The molecule has 4 nitrogen and oxygen atoms in total. The summed E-state index contributed by atoms with van der Waals surface area (Å²) in [4.78, 5) is 6.81. The summed E-state index contributed by atoms with van der Waals surface area (Å²) in [6.07, 6.45) is 5.96. The van der Waals surface area contributed by atoms with Crippen molar-refractivity contribution in [3.05, 3.63) is 12.5 Å². The monoisotopic (exact) mass is 167 g/mol. The van der Waals surface area contributed by atoms with Gasteiger partial charge in [0.15, 0.2) is 0 Å². The zero-order chi connectivity index (χ0) is 8.23. The summed E-state index contributed by atoms with van der Waals surface area (Å²) < 4.78 is 5.61. The molecule has 2 heterocycles. The standard InChI is InChI=1S/C8H13N3O/c1-2-7(4-9-3-1)12-8-5-10-6-11-8/h5-7,9H,1-4H2,(H,10,11). The van der Waals surface area contributed by atoms with Gasteiger partial charge in [0.05, 0.1) is 12.5 Å². The van der Waals surface area contributed by atoms with Crippen LogP contribution in [0.25, 0.3) is 0 Å². The molecule has 1 saturated heterocycles. The molecule has 1 aromatic rings. The zero-order valence-electron chi connectivity index (χ0n) is 6.92. The zero-order valence-corrected chi connectivity index (χ0v) is 6.92. The fourth-order valence-corrected chi connectivity index (χ4v) is 1.41. The maximum absolute atomic E-state index is 5.61.